The molecule has 0 radical (unpaired) electrons. The van der Waals surface area contributed by atoms with Crippen molar-refractivity contribution in [1.82, 2.24) is 0 Å². The highest BCUT2D eigenvalue weighted by molar-refractivity contribution is 14.1. The van der Waals surface area contributed by atoms with Crippen molar-refractivity contribution in [3.05, 3.63) is 79.8 Å². The molecular weight excluding hydrogens is 425 g/mol. The molecule has 0 aliphatic heterocycles. The molecule has 0 saturated carbocycles. The van der Waals surface area contributed by atoms with Gasteiger partial charge in [-0.05, 0) is 62.7 Å². The van der Waals surface area contributed by atoms with E-state index in [-0.39, 0.29) is 6.04 Å². The first-order valence-electron chi connectivity index (χ1n) is 6.35. The molecule has 3 heteroatoms. The maximum atomic E-state index is 6.48. The summed E-state index contributed by atoms with van der Waals surface area (Å²) in [4.78, 5) is 0. The standard InChI is InChI=1S/C17H13BrIN/c18-16-9-8-15(13-6-1-2-7-14(13)16)17(20)11-4-3-5-12(19)10-11/h1-10,17H,20H2. The molecule has 1 nitrogen and oxygen atoms in total. The Morgan fingerprint density at radius 2 is 1.65 bits per heavy atom. The molecule has 0 aliphatic rings. The molecule has 0 aliphatic carbocycles. The summed E-state index contributed by atoms with van der Waals surface area (Å²) in [6, 6.07) is 20.8. The van der Waals surface area contributed by atoms with Gasteiger partial charge in [0.2, 0.25) is 0 Å². The number of fused-ring (bicyclic) bond motifs is 1. The maximum absolute atomic E-state index is 6.48. The van der Waals surface area contributed by atoms with Crippen molar-refractivity contribution in [2.24, 2.45) is 5.73 Å². The summed E-state index contributed by atoms with van der Waals surface area (Å²) in [7, 11) is 0. The zero-order chi connectivity index (χ0) is 14.1. The van der Waals surface area contributed by atoms with E-state index in [9.17, 15) is 0 Å². The first-order valence-corrected chi connectivity index (χ1v) is 8.22. The molecule has 0 fully saturated rings. The molecule has 3 aromatic carbocycles. The zero-order valence-corrected chi connectivity index (χ0v) is 14.4. The number of rotatable bonds is 2. The number of hydrogen-bond acceptors (Lipinski definition) is 1. The van der Waals surface area contributed by atoms with Crippen LogP contribution in [0.3, 0.4) is 0 Å². The van der Waals surface area contributed by atoms with Gasteiger partial charge in [-0.3, -0.25) is 0 Å². The highest BCUT2D eigenvalue weighted by Crippen LogP contribution is 2.32. The Morgan fingerprint density at radius 1 is 0.900 bits per heavy atom. The second kappa shape index (κ2) is 5.84. The number of nitrogens with two attached hydrogens (primary N) is 1. The molecule has 0 aromatic heterocycles. The average Bonchev–Trinajstić information content (AvgIpc) is 2.47. The minimum atomic E-state index is -0.109. The fourth-order valence-corrected chi connectivity index (χ4v) is 3.48. The van der Waals surface area contributed by atoms with Crippen LogP contribution in [0.25, 0.3) is 10.8 Å². The third kappa shape index (κ3) is 2.62. The Hall–Kier alpha value is -0.910. The van der Waals surface area contributed by atoms with Gasteiger partial charge in [0.15, 0.2) is 0 Å². The number of halogens is 2. The van der Waals surface area contributed by atoms with Gasteiger partial charge in [-0.15, -0.1) is 0 Å². The van der Waals surface area contributed by atoms with Gasteiger partial charge in [-0.2, -0.15) is 0 Å². The fourth-order valence-electron chi connectivity index (χ4n) is 2.44. The zero-order valence-electron chi connectivity index (χ0n) is 10.7. The summed E-state index contributed by atoms with van der Waals surface area (Å²) in [5, 5.41) is 2.40. The van der Waals surface area contributed by atoms with Crippen LogP contribution >= 0.6 is 38.5 Å². The Bertz CT molecular complexity index is 770. The van der Waals surface area contributed by atoms with Crippen LogP contribution in [0.5, 0.6) is 0 Å². The van der Waals surface area contributed by atoms with Crippen LogP contribution < -0.4 is 5.73 Å². The first-order chi connectivity index (χ1) is 9.66. The molecule has 0 bridgehead atoms. The summed E-state index contributed by atoms with van der Waals surface area (Å²) in [6.45, 7) is 0. The van der Waals surface area contributed by atoms with Gasteiger partial charge in [0.05, 0.1) is 6.04 Å². The summed E-state index contributed by atoms with van der Waals surface area (Å²) < 4.78 is 2.31. The molecule has 100 valence electrons. The third-order valence-corrected chi connectivity index (χ3v) is 4.81. The molecule has 3 aromatic rings. The van der Waals surface area contributed by atoms with Crippen LogP contribution in [0, 0.1) is 3.57 Å². The SMILES string of the molecule is NC(c1cccc(I)c1)c1ccc(Br)c2ccccc12. The molecule has 1 atom stereocenters. The van der Waals surface area contributed by atoms with Crippen LogP contribution in [0.15, 0.2) is 65.1 Å². The fraction of sp³-hybridized carbons (Fsp3) is 0.0588. The van der Waals surface area contributed by atoms with E-state index >= 15 is 0 Å². The van der Waals surface area contributed by atoms with E-state index < -0.39 is 0 Å². The van der Waals surface area contributed by atoms with E-state index in [1.54, 1.807) is 0 Å². The van der Waals surface area contributed by atoms with Crippen LogP contribution in [0.4, 0.5) is 0 Å². The molecule has 0 amide bonds. The van der Waals surface area contributed by atoms with E-state index in [0.717, 1.165) is 15.6 Å². The van der Waals surface area contributed by atoms with E-state index in [1.165, 1.54) is 14.3 Å². The number of hydrogen-bond donors (Lipinski definition) is 1. The quantitative estimate of drug-likeness (QED) is 0.544. The van der Waals surface area contributed by atoms with Crippen molar-refractivity contribution in [2.45, 2.75) is 6.04 Å². The minimum absolute atomic E-state index is 0.109. The van der Waals surface area contributed by atoms with Gasteiger partial charge in [-0.25, -0.2) is 0 Å². The Labute approximate surface area is 140 Å². The van der Waals surface area contributed by atoms with Gasteiger partial charge >= 0.3 is 0 Å². The lowest BCUT2D eigenvalue weighted by atomic mass is 9.94. The Balaban J connectivity index is 2.17. The second-order valence-corrected chi connectivity index (χ2v) is 6.81. The summed E-state index contributed by atoms with van der Waals surface area (Å²) >= 11 is 5.92. The smallest absolute Gasteiger partial charge is 0.0558 e. The van der Waals surface area contributed by atoms with Gasteiger partial charge < -0.3 is 5.73 Å². The predicted octanol–water partition coefficient (Wildman–Crippen LogP) is 5.26. The molecule has 0 spiro atoms. The van der Waals surface area contributed by atoms with Crippen molar-refractivity contribution in [1.29, 1.82) is 0 Å². The molecule has 0 heterocycles. The van der Waals surface area contributed by atoms with Crippen molar-refractivity contribution in [3.63, 3.8) is 0 Å². The Morgan fingerprint density at radius 3 is 2.40 bits per heavy atom. The van der Waals surface area contributed by atoms with Crippen LogP contribution in [0.1, 0.15) is 17.2 Å². The lowest BCUT2D eigenvalue weighted by Crippen LogP contribution is -2.12. The van der Waals surface area contributed by atoms with Gasteiger partial charge in [0, 0.05) is 8.04 Å². The third-order valence-electron chi connectivity index (χ3n) is 3.45. The van der Waals surface area contributed by atoms with Crippen LogP contribution in [0.2, 0.25) is 0 Å². The van der Waals surface area contributed by atoms with E-state index in [2.05, 4.69) is 93.1 Å². The first kappa shape index (κ1) is 14.0. The summed E-state index contributed by atoms with van der Waals surface area (Å²) in [5.74, 6) is 0. The van der Waals surface area contributed by atoms with Gasteiger partial charge in [-0.1, -0.05) is 58.4 Å². The van der Waals surface area contributed by atoms with Crippen molar-refractivity contribution < 1.29 is 0 Å². The number of benzene rings is 3. The van der Waals surface area contributed by atoms with Crippen LogP contribution in [-0.4, -0.2) is 0 Å². The van der Waals surface area contributed by atoms with Crippen molar-refractivity contribution >= 4 is 49.3 Å². The molecule has 2 N–H and O–H groups in total. The van der Waals surface area contributed by atoms with Crippen molar-refractivity contribution in [3.8, 4) is 0 Å². The molecule has 3 rings (SSSR count). The van der Waals surface area contributed by atoms with E-state index in [4.69, 9.17) is 5.73 Å². The normalized spacial score (nSPS) is 12.6. The van der Waals surface area contributed by atoms with E-state index in [0.29, 0.717) is 0 Å². The predicted molar refractivity (Wildman–Crippen MR) is 96.8 cm³/mol. The topological polar surface area (TPSA) is 26.0 Å². The highest BCUT2D eigenvalue weighted by atomic mass is 127. The van der Waals surface area contributed by atoms with E-state index in [1.807, 2.05) is 6.07 Å². The second-order valence-electron chi connectivity index (χ2n) is 4.71. The highest BCUT2D eigenvalue weighted by Gasteiger charge is 2.13. The van der Waals surface area contributed by atoms with Gasteiger partial charge in [0.1, 0.15) is 0 Å². The van der Waals surface area contributed by atoms with Crippen molar-refractivity contribution in [2.75, 3.05) is 0 Å². The monoisotopic (exact) mass is 437 g/mol. The summed E-state index contributed by atoms with van der Waals surface area (Å²) in [6.07, 6.45) is 0. The van der Waals surface area contributed by atoms with Crippen LogP contribution in [-0.2, 0) is 0 Å². The molecule has 1 unspecified atom stereocenters. The minimum Gasteiger partial charge on any atom is -0.320 e. The Kier molecular flexibility index (Phi) is 4.10. The molecular formula is C17H13BrIN. The summed E-state index contributed by atoms with van der Waals surface area (Å²) in [5.41, 5.74) is 8.78. The molecule has 20 heavy (non-hydrogen) atoms. The lowest BCUT2D eigenvalue weighted by Gasteiger charge is -2.16. The van der Waals surface area contributed by atoms with Gasteiger partial charge in [0.25, 0.3) is 0 Å². The lowest BCUT2D eigenvalue weighted by molar-refractivity contribution is 0.879. The average molecular weight is 438 g/mol. The largest absolute Gasteiger partial charge is 0.320 e. The molecule has 0 saturated heterocycles. The maximum Gasteiger partial charge on any atom is 0.0558 e.